The first-order chi connectivity index (χ1) is 7.28. The highest BCUT2D eigenvalue weighted by Gasteiger charge is 2.16. The molecule has 1 heterocycles. The first-order valence-corrected chi connectivity index (χ1v) is 6.30. The van der Waals surface area contributed by atoms with Gasteiger partial charge in [0.2, 0.25) is 0 Å². The molecule has 15 heavy (non-hydrogen) atoms. The Morgan fingerprint density at radius 1 is 1.27 bits per heavy atom. The van der Waals surface area contributed by atoms with Crippen LogP contribution in [0.2, 0.25) is 0 Å². The molecule has 0 saturated heterocycles. The van der Waals surface area contributed by atoms with E-state index in [2.05, 4.69) is 35.8 Å². The number of hydrogen-bond donors (Lipinski definition) is 0. The van der Waals surface area contributed by atoms with Crippen LogP contribution in [0.3, 0.4) is 0 Å². The van der Waals surface area contributed by atoms with Gasteiger partial charge < -0.3 is 0 Å². The van der Waals surface area contributed by atoms with Crippen LogP contribution in [0.15, 0.2) is 0 Å². The Labute approximate surface area is 96.8 Å². The van der Waals surface area contributed by atoms with Gasteiger partial charge in [0.25, 0.3) is 0 Å². The highest BCUT2D eigenvalue weighted by Crippen LogP contribution is 2.20. The van der Waals surface area contributed by atoms with Crippen LogP contribution in [0.4, 0.5) is 0 Å². The van der Waals surface area contributed by atoms with Crippen molar-refractivity contribution in [2.75, 3.05) is 0 Å². The molecule has 1 aromatic rings. The van der Waals surface area contributed by atoms with E-state index in [1.807, 2.05) is 0 Å². The fourth-order valence-corrected chi connectivity index (χ4v) is 2.08. The number of alkyl halides is 1. The highest BCUT2D eigenvalue weighted by atomic mass is 35.5. The van der Waals surface area contributed by atoms with Crippen molar-refractivity contribution in [2.24, 2.45) is 0 Å². The lowest BCUT2D eigenvalue weighted by atomic mass is 10.1. The predicted octanol–water partition coefficient (Wildman–Crippen LogP) is 3.33. The molecule has 0 atom stereocenters. The third-order valence-electron chi connectivity index (χ3n) is 2.77. The molecule has 0 saturated carbocycles. The van der Waals surface area contributed by atoms with Gasteiger partial charge in [0.1, 0.15) is 5.69 Å². The number of aromatic nitrogens is 3. The maximum absolute atomic E-state index is 5.86. The number of nitrogens with zero attached hydrogens (tertiary/aromatic N) is 3. The van der Waals surface area contributed by atoms with Gasteiger partial charge in [-0.05, 0) is 19.3 Å². The highest BCUT2D eigenvalue weighted by molar-refractivity contribution is 6.16. The van der Waals surface area contributed by atoms with Crippen molar-refractivity contribution in [2.45, 2.75) is 58.4 Å². The van der Waals surface area contributed by atoms with E-state index in [1.54, 1.807) is 0 Å². The van der Waals surface area contributed by atoms with E-state index < -0.39 is 0 Å². The molecule has 3 nitrogen and oxygen atoms in total. The topological polar surface area (TPSA) is 30.7 Å². The summed E-state index contributed by atoms with van der Waals surface area (Å²) >= 11 is 5.86. The summed E-state index contributed by atoms with van der Waals surface area (Å²) in [4.78, 5) is 0. The van der Waals surface area contributed by atoms with Crippen molar-refractivity contribution in [3.8, 4) is 0 Å². The lowest BCUT2D eigenvalue weighted by molar-refractivity contribution is 0.404. The van der Waals surface area contributed by atoms with E-state index in [1.165, 1.54) is 5.69 Å². The molecule has 0 N–H and O–H groups in total. The van der Waals surface area contributed by atoms with E-state index in [0.717, 1.165) is 31.4 Å². The minimum absolute atomic E-state index is 0.468. The van der Waals surface area contributed by atoms with Crippen LogP contribution < -0.4 is 0 Å². The monoisotopic (exact) mass is 229 g/mol. The minimum Gasteiger partial charge on any atom is -0.246 e. The van der Waals surface area contributed by atoms with Crippen LogP contribution in [0.25, 0.3) is 0 Å². The minimum atomic E-state index is 0.468. The molecule has 0 aliphatic heterocycles. The summed E-state index contributed by atoms with van der Waals surface area (Å²) in [6, 6.07) is 0.469. The van der Waals surface area contributed by atoms with E-state index in [-0.39, 0.29) is 0 Å². The molecule has 4 heteroatoms. The van der Waals surface area contributed by atoms with E-state index in [9.17, 15) is 0 Å². The fourth-order valence-electron chi connectivity index (χ4n) is 1.87. The quantitative estimate of drug-likeness (QED) is 0.701. The van der Waals surface area contributed by atoms with Crippen LogP contribution in [-0.4, -0.2) is 15.0 Å². The van der Waals surface area contributed by atoms with Crippen molar-refractivity contribution in [1.82, 2.24) is 15.0 Å². The fraction of sp³-hybridized carbons (Fsp3) is 0.818. The summed E-state index contributed by atoms with van der Waals surface area (Å²) < 4.78 is 2.07. The molecule has 86 valence electrons. The Bertz CT molecular complexity index is 292. The summed E-state index contributed by atoms with van der Waals surface area (Å²) in [6.07, 6.45) is 4.32. The standard InChI is InChI=1S/C11H20ClN3/c1-4-7-11-10(8-12)13-14-15(11)9(5-2)6-3/h9H,4-8H2,1-3H3. The zero-order chi connectivity index (χ0) is 11.3. The van der Waals surface area contributed by atoms with Crippen LogP contribution in [0.5, 0.6) is 0 Å². The van der Waals surface area contributed by atoms with Crippen molar-refractivity contribution < 1.29 is 0 Å². The third-order valence-corrected chi connectivity index (χ3v) is 3.03. The summed E-state index contributed by atoms with van der Waals surface area (Å²) in [5.74, 6) is 0.468. The summed E-state index contributed by atoms with van der Waals surface area (Å²) in [7, 11) is 0. The van der Waals surface area contributed by atoms with Gasteiger partial charge in [-0.3, -0.25) is 0 Å². The second kappa shape index (κ2) is 6.11. The normalized spacial score (nSPS) is 11.3. The number of halogens is 1. The van der Waals surface area contributed by atoms with E-state index in [0.29, 0.717) is 11.9 Å². The van der Waals surface area contributed by atoms with E-state index >= 15 is 0 Å². The Kier molecular flexibility index (Phi) is 5.09. The molecule has 0 fully saturated rings. The average molecular weight is 230 g/mol. The second-order valence-electron chi connectivity index (χ2n) is 3.78. The largest absolute Gasteiger partial charge is 0.246 e. The van der Waals surface area contributed by atoms with Crippen molar-refractivity contribution >= 4 is 11.6 Å². The van der Waals surface area contributed by atoms with Crippen LogP contribution in [0, 0.1) is 0 Å². The Morgan fingerprint density at radius 3 is 2.40 bits per heavy atom. The number of rotatable bonds is 6. The van der Waals surface area contributed by atoms with Gasteiger partial charge >= 0.3 is 0 Å². The molecule has 0 aromatic carbocycles. The SMILES string of the molecule is CCCc1c(CCl)nnn1C(CC)CC. The Morgan fingerprint density at radius 2 is 1.93 bits per heavy atom. The van der Waals surface area contributed by atoms with Crippen LogP contribution in [0.1, 0.15) is 57.5 Å². The van der Waals surface area contributed by atoms with Crippen molar-refractivity contribution in [1.29, 1.82) is 0 Å². The lowest BCUT2D eigenvalue weighted by Crippen LogP contribution is -2.12. The van der Waals surface area contributed by atoms with Gasteiger partial charge in [-0.1, -0.05) is 32.4 Å². The summed E-state index contributed by atoms with van der Waals surface area (Å²) in [5, 5.41) is 8.38. The molecule has 0 spiro atoms. The maximum atomic E-state index is 5.86. The van der Waals surface area contributed by atoms with Crippen LogP contribution >= 0.6 is 11.6 Å². The zero-order valence-corrected chi connectivity index (χ0v) is 10.6. The second-order valence-corrected chi connectivity index (χ2v) is 4.05. The lowest BCUT2D eigenvalue weighted by Gasteiger charge is -2.15. The third kappa shape index (κ3) is 2.71. The molecule has 0 bridgehead atoms. The molecular weight excluding hydrogens is 210 g/mol. The van der Waals surface area contributed by atoms with Gasteiger partial charge in [0.05, 0.1) is 17.6 Å². The molecule has 1 rings (SSSR count). The number of hydrogen-bond acceptors (Lipinski definition) is 2. The van der Waals surface area contributed by atoms with Crippen LogP contribution in [-0.2, 0) is 12.3 Å². The molecular formula is C11H20ClN3. The van der Waals surface area contributed by atoms with Gasteiger partial charge in [-0.2, -0.15) is 0 Å². The molecule has 0 amide bonds. The Balaban J connectivity index is 2.99. The van der Waals surface area contributed by atoms with Gasteiger partial charge in [0, 0.05) is 0 Å². The smallest absolute Gasteiger partial charge is 0.101 e. The maximum Gasteiger partial charge on any atom is 0.101 e. The first kappa shape index (κ1) is 12.5. The molecule has 0 unspecified atom stereocenters. The van der Waals surface area contributed by atoms with Crippen molar-refractivity contribution in [3.05, 3.63) is 11.4 Å². The first-order valence-electron chi connectivity index (χ1n) is 5.77. The van der Waals surface area contributed by atoms with Gasteiger partial charge in [-0.15, -0.1) is 16.7 Å². The molecule has 1 aromatic heterocycles. The summed E-state index contributed by atoms with van der Waals surface area (Å²) in [6.45, 7) is 6.54. The van der Waals surface area contributed by atoms with Gasteiger partial charge in [-0.25, -0.2) is 4.68 Å². The van der Waals surface area contributed by atoms with Gasteiger partial charge in [0.15, 0.2) is 0 Å². The zero-order valence-electron chi connectivity index (χ0n) is 9.83. The molecule has 0 aliphatic carbocycles. The predicted molar refractivity (Wildman–Crippen MR) is 63.2 cm³/mol. The van der Waals surface area contributed by atoms with E-state index in [4.69, 9.17) is 11.6 Å². The average Bonchev–Trinajstić information content (AvgIpc) is 2.64. The summed E-state index contributed by atoms with van der Waals surface area (Å²) in [5.41, 5.74) is 2.17. The molecule has 0 radical (unpaired) electrons. The molecule has 0 aliphatic rings. The Hall–Kier alpha value is -0.570. The van der Waals surface area contributed by atoms with Crippen molar-refractivity contribution in [3.63, 3.8) is 0 Å².